The first-order valence-corrected chi connectivity index (χ1v) is 11.2. The van der Waals surface area contributed by atoms with E-state index in [4.69, 9.17) is 0 Å². The van der Waals surface area contributed by atoms with E-state index in [0.717, 1.165) is 29.9 Å². The summed E-state index contributed by atoms with van der Waals surface area (Å²) >= 11 is 0. The van der Waals surface area contributed by atoms with Crippen LogP contribution in [0.5, 0.6) is 0 Å². The van der Waals surface area contributed by atoms with Crippen LogP contribution >= 0.6 is 0 Å². The molecule has 0 aliphatic carbocycles. The maximum atomic E-state index is 13.4. The van der Waals surface area contributed by atoms with Gasteiger partial charge in [0.1, 0.15) is 5.82 Å². The molecule has 0 spiro atoms. The number of hydrogen-bond donors (Lipinski definition) is 0. The molecule has 1 aliphatic rings. The van der Waals surface area contributed by atoms with Gasteiger partial charge < -0.3 is 4.90 Å². The van der Waals surface area contributed by atoms with Crippen molar-refractivity contribution in [2.24, 2.45) is 7.05 Å². The van der Waals surface area contributed by atoms with Gasteiger partial charge in [0.15, 0.2) is 0 Å². The number of piperidine rings is 1. The Kier molecular flexibility index (Phi) is 5.42. The number of likely N-dealkylation sites (tertiary alicyclic amines) is 1. The Balaban J connectivity index is 1.43. The van der Waals surface area contributed by atoms with E-state index in [-0.39, 0.29) is 17.5 Å². The molecule has 1 saturated heterocycles. The van der Waals surface area contributed by atoms with E-state index in [1.807, 2.05) is 72.5 Å². The molecular formula is C25H26N6O2. The molecule has 8 heteroatoms. The molecule has 4 aromatic rings. The van der Waals surface area contributed by atoms with Gasteiger partial charge in [0, 0.05) is 26.1 Å². The van der Waals surface area contributed by atoms with Crippen molar-refractivity contribution in [1.82, 2.24) is 29.0 Å². The molecule has 168 valence electrons. The van der Waals surface area contributed by atoms with Crippen LogP contribution in [0.4, 0.5) is 0 Å². The molecule has 5 rings (SSSR count). The van der Waals surface area contributed by atoms with Gasteiger partial charge in [-0.3, -0.25) is 4.79 Å². The van der Waals surface area contributed by atoms with Crippen LogP contribution in [0.3, 0.4) is 0 Å². The zero-order chi connectivity index (χ0) is 22.9. The van der Waals surface area contributed by atoms with E-state index in [2.05, 4.69) is 10.2 Å². The van der Waals surface area contributed by atoms with Crippen LogP contribution in [-0.2, 0) is 7.05 Å². The second-order valence-corrected chi connectivity index (χ2v) is 8.42. The van der Waals surface area contributed by atoms with Gasteiger partial charge in [0.2, 0.25) is 0 Å². The Bertz CT molecular complexity index is 1340. The topological polar surface area (TPSA) is 78.0 Å². The lowest BCUT2D eigenvalue weighted by molar-refractivity contribution is 0.0703. The molecule has 0 unspecified atom stereocenters. The van der Waals surface area contributed by atoms with Crippen LogP contribution < -0.4 is 5.69 Å². The number of carbonyl (C=O) groups is 1. The fraction of sp³-hybridized carbons (Fsp3) is 0.280. The maximum absolute atomic E-state index is 13.4. The van der Waals surface area contributed by atoms with Gasteiger partial charge in [0.05, 0.1) is 28.8 Å². The van der Waals surface area contributed by atoms with Gasteiger partial charge in [-0.05, 0) is 44.0 Å². The largest absolute Gasteiger partial charge is 0.350 e. The Morgan fingerprint density at radius 3 is 2.36 bits per heavy atom. The van der Waals surface area contributed by atoms with Gasteiger partial charge in [0.25, 0.3) is 5.91 Å². The predicted molar refractivity (Wildman–Crippen MR) is 125 cm³/mol. The number of benzene rings is 2. The number of aryl methyl sites for hydroxylation is 1. The number of hydrogen-bond acceptors (Lipinski definition) is 4. The number of nitrogens with zero attached hydrogens (tertiary/aromatic N) is 6. The standard InChI is InChI=1S/C25H26N6O2/c1-18-22(16-26-31(18)21-13-7-4-8-14-21)24(32)29-15-9-10-19(17-29)23-27-28(2)25(33)30(23)20-11-5-3-6-12-20/h3-8,11-14,16,19H,9-10,15,17H2,1-2H3/t19-/m0/s1. The summed E-state index contributed by atoms with van der Waals surface area (Å²) in [5, 5.41) is 9.01. The summed E-state index contributed by atoms with van der Waals surface area (Å²) in [6, 6.07) is 19.3. The van der Waals surface area contributed by atoms with Crippen LogP contribution in [0.1, 0.15) is 40.6 Å². The maximum Gasteiger partial charge on any atom is 0.350 e. The summed E-state index contributed by atoms with van der Waals surface area (Å²) in [6.45, 7) is 3.10. The van der Waals surface area contributed by atoms with Gasteiger partial charge in [-0.15, -0.1) is 0 Å². The normalized spacial score (nSPS) is 16.2. The van der Waals surface area contributed by atoms with Crippen molar-refractivity contribution < 1.29 is 4.79 Å². The highest BCUT2D eigenvalue weighted by Gasteiger charge is 2.31. The third-order valence-corrected chi connectivity index (χ3v) is 6.28. The monoisotopic (exact) mass is 442 g/mol. The summed E-state index contributed by atoms with van der Waals surface area (Å²) in [5.41, 5.74) is 2.94. The Morgan fingerprint density at radius 2 is 1.67 bits per heavy atom. The van der Waals surface area contributed by atoms with Crippen molar-refractivity contribution in [1.29, 1.82) is 0 Å². The zero-order valence-electron chi connectivity index (χ0n) is 18.8. The average molecular weight is 443 g/mol. The fourth-order valence-corrected chi connectivity index (χ4v) is 4.56. The first-order valence-electron chi connectivity index (χ1n) is 11.2. The van der Waals surface area contributed by atoms with Crippen molar-refractivity contribution in [2.75, 3.05) is 13.1 Å². The van der Waals surface area contributed by atoms with E-state index in [1.165, 1.54) is 4.68 Å². The van der Waals surface area contributed by atoms with Crippen LogP contribution in [0, 0.1) is 6.92 Å². The van der Waals surface area contributed by atoms with Crippen molar-refractivity contribution in [2.45, 2.75) is 25.7 Å². The Hall–Kier alpha value is -3.94. The minimum atomic E-state index is -0.181. The van der Waals surface area contributed by atoms with Crippen LogP contribution in [0.2, 0.25) is 0 Å². The molecule has 3 heterocycles. The lowest BCUT2D eigenvalue weighted by Gasteiger charge is -2.32. The second kappa shape index (κ2) is 8.54. The van der Waals surface area contributed by atoms with E-state index in [9.17, 15) is 9.59 Å². The number of para-hydroxylation sites is 2. The molecule has 1 atom stereocenters. The molecule has 1 amide bonds. The lowest BCUT2D eigenvalue weighted by atomic mass is 9.96. The predicted octanol–water partition coefficient (Wildman–Crippen LogP) is 3.08. The molecule has 2 aromatic heterocycles. The summed E-state index contributed by atoms with van der Waals surface area (Å²) in [5.74, 6) is 0.633. The van der Waals surface area contributed by atoms with E-state index in [1.54, 1.807) is 22.5 Å². The molecule has 0 bridgehead atoms. The zero-order valence-corrected chi connectivity index (χ0v) is 18.8. The minimum Gasteiger partial charge on any atom is -0.338 e. The molecule has 33 heavy (non-hydrogen) atoms. The summed E-state index contributed by atoms with van der Waals surface area (Å²) in [7, 11) is 1.67. The van der Waals surface area contributed by atoms with Gasteiger partial charge in [-0.25, -0.2) is 18.7 Å². The SMILES string of the molecule is Cc1c(C(=O)N2CCC[C@H](c3nn(C)c(=O)n3-c3ccccc3)C2)cnn1-c1ccccc1. The quantitative estimate of drug-likeness (QED) is 0.487. The second-order valence-electron chi connectivity index (χ2n) is 8.42. The van der Waals surface area contributed by atoms with Crippen LogP contribution in [0.15, 0.2) is 71.7 Å². The molecule has 1 fully saturated rings. The van der Waals surface area contributed by atoms with Crippen molar-refractivity contribution in [3.05, 3.63) is 94.4 Å². The minimum absolute atomic E-state index is 0.0266. The summed E-state index contributed by atoms with van der Waals surface area (Å²) in [6.07, 6.45) is 3.37. The van der Waals surface area contributed by atoms with Crippen molar-refractivity contribution in [3.63, 3.8) is 0 Å². The molecule has 0 saturated carbocycles. The van der Waals surface area contributed by atoms with Crippen molar-refractivity contribution >= 4 is 5.91 Å². The van der Waals surface area contributed by atoms with E-state index < -0.39 is 0 Å². The van der Waals surface area contributed by atoms with Crippen LogP contribution in [-0.4, -0.2) is 48.0 Å². The number of aromatic nitrogens is 5. The van der Waals surface area contributed by atoms with Crippen molar-refractivity contribution in [3.8, 4) is 11.4 Å². The lowest BCUT2D eigenvalue weighted by Crippen LogP contribution is -2.40. The number of rotatable bonds is 4. The molecule has 8 nitrogen and oxygen atoms in total. The third kappa shape index (κ3) is 3.77. The summed E-state index contributed by atoms with van der Waals surface area (Å²) < 4.78 is 4.83. The first-order chi connectivity index (χ1) is 16.0. The highest BCUT2D eigenvalue weighted by atomic mass is 16.2. The highest BCUT2D eigenvalue weighted by Crippen LogP contribution is 2.28. The molecule has 0 radical (unpaired) electrons. The van der Waals surface area contributed by atoms with Crippen LogP contribution in [0.25, 0.3) is 11.4 Å². The van der Waals surface area contributed by atoms with E-state index in [0.29, 0.717) is 24.5 Å². The van der Waals surface area contributed by atoms with Gasteiger partial charge in [-0.1, -0.05) is 36.4 Å². The molecule has 0 N–H and O–H groups in total. The fourth-order valence-electron chi connectivity index (χ4n) is 4.56. The Morgan fingerprint density at radius 1 is 1.00 bits per heavy atom. The smallest absolute Gasteiger partial charge is 0.338 e. The molecule has 1 aliphatic heterocycles. The first kappa shape index (κ1) is 20.9. The number of carbonyl (C=O) groups excluding carboxylic acids is 1. The van der Waals surface area contributed by atoms with E-state index >= 15 is 0 Å². The molecule has 2 aromatic carbocycles. The molecular weight excluding hydrogens is 416 g/mol. The van der Waals surface area contributed by atoms with Gasteiger partial charge >= 0.3 is 5.69 Å². The average Bonchev–Trinajstić information content (AvgIpc) is 3.39. The summed E-state index contributed by atoms with van der Waals surface area (Å²) in [4.78, 5) is 28.1. The highest BCUT2D eigenvalue weighted by molar-refractivity contribution is 5.95. The third-order valence-electron chi connectivity index (χ3n) is 6.28. The van der Waals surface area contributed by atoms with Gasteiger partial charge in [-0.2, -0.15) is 10.2 Å². The Labute approximate surface area is 191 Å². The number of amides is 1.